The van der Waals surface area contributed by atoms with Crippen LogP contribution in [-0.2, 0) is 4.79 Å². The van der Waals surface area contributed by atoms with Crippen LogP contribution in [0.15, 0.2) is 0 Å². The third kappa shape index (κ3) is 1.46. The molecule has 3 nitrogen and oxygen atoms in total. The van der Waals surface area contributed by atoms with Crippen molar-refractivity contribution >= 4 is 5.97 Å². The van der Waals surface area contributed by atoms with Gasteiger partial charge in [0.05, 0.1) is 0 Å². The zero-order valence-corrected chi connectivity index (χ0v) is 8.05. The minimum absolute atomic E-state index is 0.467. The molecule has 1 aliphatic carbocycles. The van der Waals surface area contributed by atoms with E-state index >= 15 is 0 Å². The first-order valence-electron chi connectivity index (χ1n) is 5.13. The lowest BCUT2D eigenvalue weighted by Crippen LogP contribution is -2.47. The number of carbonyl (C=O) groups is 1. The number of carboxylic acids is 1. The lowest BCUT2D eigenvalue weighted by Gasteiger charge is -2.24. The first kappa shape index (κ1) is 9.00. The number of carboxylic acid groups (broad SMARTS) is 1. The van der Waals surface area contributed by atoms with Crippen LogP contribution in [0.1, 0.15) is 39.0 Å². The van der Waals surface area contributed by atoms with E-state index in [-0.39, 0.29) is 0 Å². The second-order valence-electron chi connectivity index (χ2n) is 4.64. The second kappa shape index (κ2) is 2.98. The van der Waals surface area contributed by atoms with E-state index in [0.29, 0.717) is 12.0 Å². The summed E-state index contributed by atoms with van der Waals surface area (Å²) in [5, 5.41) is 12.3. The highest BCUT2D eigenvalue weighted by Gasteiger charge is 2.46. The van der Waals surface area contributed by atoms with Crippen LogP contribution >= 0.6 is 0 Å². The van der Waals surface area contributed by atoms with Crippen molar-refractivity contribution in [2.24, 2.45) is 5.92 Å². The van der Waals surface area contributed by atoms with Gasteiger partial charge in [-0.2, -0.15) is 0 Å². The summed E-state index contributed by atoms with van der Waals surface area (Å²) in [6.07, 6.45) is 5.71. The van der Waals surface area contributed by atoms with Gasteiger partial charge >= 0.3 is 5.97 Å². The van der Waals surface area contributed by atoms with Crippen molar-refractivity contribution < 1.29 is 9.90 Å². The largest absolute Gasteiger partial charge is 0.480 e. The number of aliphatic carboxylic acids is 1. The number of rotatable bonds is 1. The molecule has 2 fully saturated rings. The molecule has 0 spiro atoms. The van der Waals surface area contributed by atoms with Crippen LogP contribution in [-0.4, -0.2) is 22.7 Å². The molecule has 1 saturated heterocycles. The number of hydrogen-bond acceptors (Lipinski definition) is 2. The number of fused-ring (bicyclic) bond motifs is 1. The van der Waals surface area contributed by atoms with Gasteiger partial charge in [-0.3, -0.25) is 10.1 Å². The Morgan fingerprint density at radius 2 is 2.15 bits per heavy atom. The third-order valence-electron chi connectivity index (χ3n) is 3.56. The Morgan fingerprint density at radius 1 is 1.46 bits per heavy atom. The molecule has 2 aliphatic rings. The van der Waals surface area contributed by atoms with Gasteiger partial charge < -0.3 is 5.11 Å². The molecule has 0 unspecified atom stereocenters. The van der Waals surface area contributed by atoms with Crippen molar-refractivity contribution in [1.82, 2.24) is 5.32 Å². The van der Waals surface area contributed by atoms with E-state index in [1.807, 2.05) is 6.92 Å². The average molecular weight is 183 g/mol. The zero-order valence-electron chi connectivity index (χ0n) is 8.05. The summed E-state index contributed by atoms with van der Waals surface area (Å²) in [4.78, 5) is 11.0. The summed E-state index contributed by atoms with van der Waals surface area (Å²) < 4.78 is 0. The molecule has 1 saturated carbocycles. The van der Waals surface area contributed by atoms with Crippen LogP contribution in [0.2, 0.25) is 0 Å². The Bertz CT molecular complexity index is 213. The Hall–Kier alpha value is -0.570. The highest BCUT2D eigenvalue weighted by molar-refractivity contribution is 5.78. The molecule has 2 rings (SSSR count). The van der Waals surface area contributed by atoms with Gasteiger partial charge in [0.1, 0.15) is 5.54 Å². The summed E-state index contributed by atoms with van der Waals surface area (Å²) >= 11 is 0. The Balaban J connectivity index is 2.10. The maximum atomic E-state index is 11.0. The van der Waals surface area contributed by atoms with E-state index in [4.69, 9.17) is 5.11 Å². The predicted molar refractivity (Wildman–Crippen MR) is 49.5 cm³/mol. The zero-order chi connectivity index (χ0) is 9.47. The number of hydrogen-bond donors (Lipinski definition) is 2. The predicted octanol–water partition coefficient (Wildman–Crippen LogP) is 1.38. The van der Waals surface area contributed by atoms with Crippen LogP contribution in [0.4, 0.5) is 0 Å². The van der Waals surface area contributed by atoms with Crippen molar-refractivity contribution in [1.29, 1.82) is 0 Å². The molecule has 3 atom stereocenters. The lowest BCUT2D eigenvalue weighted by molar-refractivity contribution is -0.143. The van der Waals surface area contributed by atoms with Gasteiger partial charge in [0, 0.05) is 6.04 Å². The maximum absolute atomic E-state index is 11.0. The second-order valence-corrected chi connectivity index (χ2v) is 4.64. The molecular weight excluding hydrogens is 166 g/mol. The lowest BCUT2D eigenvalue weighted by atomic mass is 9.83. The van der Waals surface area contributed by atoms with Gasteiger partial charge in [0.25, 0.3) is 0 Å². The summed E-state index contributed by atoms with van der Waals surface area (Å²) in [5.41, 5.74) is -0.653. The van der Waals surface area contributed by atoms with Crippen LogP contribution in [0.3, 0.4) is 0 Å². The monoisotopic (exact) mass is 183 g/mol. The summed E-state index contributed by atoms with van der Waals surface area (Å²) in [5.74, 6) is -0.0863. The van der Waals surface area contributed by atoms with E-state index in [1.165, 1.54) is 19.3 Å². The summed E-state index contributed by atoms with van der Waals surface area (Å²) in [6, 6.07) is 0.467. The fourth-order valence-electron chi connectivity index (χ4n) is 2.78. The topological polar surface area (TPSA) is 49.3 Å². The fourth-order valence-corrected chi connectivity index (χ4v) is 2.78. The van der Waals surface area contributed by atoms with E-state index in [0.717, 1.165) is 12.8 Å². The van der Waals surface area contributed by atoms with E-state index in [2.05, 4.69) is 5.32 Å². The Morgan fingerprint density at radius 3 is 2.77 bits per heavy atom. The van der Waals surface area contributed by atoms with Crippen molar-refractivity contribution in [3.8, 4) is 0 Å². The van der Waals surface area contributed by atoms with Crippen molar-refractivity contribution in [2.45, 2.75) is 50.6 Å². The molecule has 1 aliphatic heterocycles. The minimum atomic E-state index is -0.693. The van der Waals surface area contributed by atoms with Gasteiger partial charge in [-0.25, -0.2) is 0 Å². The molecule has 0 bridgehead atoms. The van der Waals surface area contributed by atoms with Crippen LogP contribution in [0, 0.1) is 5.92 Å². The van der Waals surface area contributed by atoms with E-state index < -0.39 is 11.5 Å². The molecule has 2 N–H and O–H groups in total. The summed E-state index contributed by atoms with van der Waals surface area (Å²) in [7, 11) is 0. The molecule has 1 heterocycles. The normalized spacial score (nSPS) is 44.4. The SMILES string of the molecule is C[C@@]1(C(=O)O)C[C@@H]2CCCC[C@@H]2N1. The van der Waals surface area contributed by atoms with Crippen molar-refractivity contribution in [3.63, 3.8) is 0 Å². The minimum Gasteiger partial charge on any atom is -0.480 e. The van der Waals surface area contributed by atoms with Gasteiger partial charge in [-0.1, -0.05) is 12.8 Å². The van der Waals surface area contributed by atoms with Crippen LogP contribution in [0.25, 0.3) is 0 Å². The summed E-state index contributed by atoms with van der Waals surface area (Å²) in [6.45, 7) is 1.81. The molecule has 3 heteroatoms. The van der Waals surface area contributed by atoms with Gasteiger partial charge in [0.15, 0.2) is 0 Å². The average Bonchev–Trinajstić information content (AvgIpc) is 2.42. The van der Waals surface area contributed by atoms with Gasteiger partial charge in [0.2, 0.25) is 0 Å². The van der Waals surface area contributed by atoms with Gasteiger partial charge in [-0.05, 0) is 32.1 Å². The smallest absolute Gasteiger partial charge is 0.323 e. The molecule has 0 aromatic carbocycles. The van der Waals surface area contributed by atoms with Crippen molar-refractivity contribution in [3.05, 3.63) is 0 Å². The molecule has 74 valence electrons. The fraction of sp³-hybridized carbons (Fsp3) is 0.900. The first-order valence-corrected chi connectivity index (χ1v) is 5.13. The molecule has 13 heavy (non-hydrogen) atoms. The molecule has 0 radical (unpaired) electrons. The molecule has 0 amide bonds. The van der Waals surface area contributed by atoms with Crippen LogP contribution in [0.5, 0.6) is 0 Å². The number of nitrogens with one attached hydrogen (secondary N) is 1. The molecular formula is C10H17NO2. The van der Waals surface area contributed by atoms with Crippen molar-refractivity contribution in [2.75, 3.05) is 0 Å². The molecule has 0 aromatic heterocycles. The molecule has 0 aromatic rings. The Labute approximate surface area is 78.5 Å². The standard InChI is InChI=1S/C10H17NO2/c1-10(9(12)13)6-7-4-2-3-5-8(7)11-10/h7-8,11H,2-6H2,1H3,(H,12,13)/t7-,8-,10-/m0/s1. The highest BCUT2D eigenvalue weighted by Crippen LogP contribution is 2.37. The highest BCUT2D eigenvalue weighted by atomic mass is 16.4. The van der Waals surface area contributed by atoms with E-state index in [9.17, 15) is 4.79 Å². The Kier molecular flexibility index (Phi) is 2.06. The first-order chi connectivity index (χ1) is 6.12. The third-order valence-corrected chi connectivity index (χ3v) is 3.56. The van der Waals surface area contributed by atoms with E-state index in [1.54, 1.807) is 0 Å². The van der Waals surface area contributed by atoms with Crippen LogP contribution < -0.4 is 5.32 Å². The van der Waals surface area contributed by atoms with Gasteiger partial charge in [-0.15, -0.1) is 0 Å². The quantitative estimate of drug-likeness (QED) is 0.645. The maximum Gasteiger partial charge on any atom is 0.323 e.